The molecule has 0 radical (unpaired) electrons. The predicted molar refractivity (Wildman–Crippen MR) is 132 cm³/mol. The van der Waals surface area contributed by atoms with Gasteiger partial charge in [0.05, 0.1) is 0 Å². The van der Waals surface area contributed by atoms with Crippen LogP contribution in [0.15, 0.2) is 54.6 Å². The predicted octanol–water partition coefficient (Wildman–Crippen LogP) is 4.05. The van der Waals surface area contributed by atoms with Crippen LogP contribution in [0.2, 0.25) is 0 Å². The first kappa shape index (κ1) is 27.1. The number of benzene rings is 2. The molecule has 0 heterocycles. The molecule has 200 valence electrons. The Morgan fingerprint density at radius 2 is 1.54 bits per heavy atom. The lowest BCUT2D eigenvalue weighted by Gasteiger charge is -2.44. The summed E-state index contributed by atoms with van der Waals surface area (Å²) in [4.78, 5) is 27.2. The lowest BCUT2D eigenvalue weighted by Crippen LogP contribution is -2.50. The second-order valence-electron chi connectivity index (χ2n) is 10.4. The molecule has 0 aromatic heterocycles. The van der Waals surface area contributed by atoms with Crippen molar-refractivity contribution < 1.29 is 33.0 Å². The third kappa shape index (κ3) is 5.67. The van der Waals surface area contributed by atoms with Gasteiger partial charge in [-0.15, -0.1) is 0 Å². The number of alkyl halides is 3. The van der Waals surface area contributed by atoms with Crippen molar-refractivity contribution in [1.82, 2.24) is 10.2 Å². The Morgan fingerprint density at radius 1 is 0.973 bits per heavy atom. The number of rotatable bonds is 8. The van der Waals surface area contributed by atoms with E-state index in [2.05, 4.69) is 5.32 Å². The lowest BCUT2D eigenvalue weighted by molar-refractivity contribution is -0.258. The average Bonchev–Trinajstić information content (AvgIpc) is 3.73. The summed E-state index contributed by atoms with van der Waals surface area (Å²) in [6.07, 6.45) is -0.157. The van der Waals surface area contributed by atoms with Crippen molar-refractivity contribution in [3.63, 3.8) is 0 Å². The fourth-order valence-corrected chi connectivity index (χ4v) is 5.35. The number of hydrogen-bond acceptors (Lipinski definition) is 4. The third-order valence-corrected chi connectivity index (χ3v) is 7.88. The molecule has 2 aromatic carbocycles. The van der Waals surface area contributed by atoms with Crippen LogP contribution < -0.4 is 5.32 Å². The molecule has 2 amide bonds. The largest absolute Gasteiger partial charge is 0.421 e. The van der Waals surface area contributed by atoms with Gasteiger partial charge in [0.2, 0.25) is 5.91 Å². The van der Waals surface area contributed by atoms with Gasteiger partial charge in [-0.05, 0) is 68.7 Å². The summed E-state index contributed by atoms with van der Waals surface area (Å²) < 4.78 is 39.6. The maximum absolute atomic E-state index is 13.5. The molecule has 2 aromatic rings. The Balaban J connectivity index is 1.51. The van der Waals surface area contributed by atoms with Crippen molar-refractivity contribution in [2.75, 3.05) is 13.2 Å². The van der Waals surface area contributed by atoms with Crippen LogP contribution in [0.5, 0.6) is 0 Å². The molecular formula is C28H33F3N2O4. The van der Waals surface area contributed by atoms with Crippen LogP contribution in [-0.2, 0) is 15.8 Å². The maximum Gasteiger partial charge on any atom is 0.421 e. The maximum atomic E-state index is 13.5. The van der Waals surface area contributed by atoms with Crippen molar-refractivity contribution in [1.29, 1.82) is 0 Å². The summed E-state index contributed by atoms with van der Waals surface area (Å²) in [6.45, 7) is 0.514. The smallest absolute Gasteiger partial charge is 0.387 e. The number of nitrogens with zero attached hydrogens (tertiary/aromatic N) is 1. The topological polar surface area (TPSA) is 89.9 Å². The molecule has 0 aliphatic heterocycles. The molecular weight excluding hydrogens is 485 g/mol. The minimum atomic E-state index is -4.83. The summed E-state index contributed by atoms with van der Waals surface area (Å²) in [6, 6.07) is 15.0. The zero-order chi connectivity index (χ0) is 26.8. The first-order chi connectivity index (χ1) is 17.5. The average molecular weight is 519 g/mol. The fraction of sp³-hybridized carbons (Fsp3) is 0.500. The van der Waals surface area contributed by atoms with E-state index in [-0.39, 0.29) is 29.0 Å². The Labute approximate surface area is 214 Å². The number of aliphatic hydroxyl groups excluding tert-OH is 1. The van der Waals surface area contributed by atoms with Crippen LogP contribution in [-0.4, -0.2) is 58.3 Å². The van der Waals surface area contributed by atoms with Gasteiger partial charge < -0.3 is 20.4 Å². The molecule has 4 rings (SSSR count). The van der Waals surface area contributed by atoms with Crippen molar-refractivity contribution >= 4 is 11.8 Å². The molecule has 2 fully saturated rings. The quantitative estimate of drug-likeness (QED) is 0.492. The monoisotopic (exact) mass is 518 g/mol. The highest BCUT2D eigenvalue weighted by molar-refractivity contribution is 5.95. The molecule has 2 aliphatic rings. The zero-order valence-electron chi connectivity index (χ0n) is 20.8. The number of hydrogen-bond donors (Lipinski definition) is 3. The van der Waals surface area contributed by atoms with E-state index in [9.17, 15) is 27.9 Å². The van der Waals surface area contributed by atoms with E-state index in [0.717, 1.165) is 43.4 Å². The first-order valence-corrected chi connectivity index (χ1v) is 12.6. The van der Waals surface area contributed by atoms with E-state index in [4.69, 9.17) is 5.11 Å². The highest BCUT2D eigenvalue weighted by Gasteiger charge is 2.51. The normalized spacial score (nSPS) is 23.7. The van der Waals surface area contributed by atoms with E-state index in [1.165, 1.54) is 12.1 Å². The molecule has 0 spiro atoms. The fourth-order valence-electron chi connectivity index (χ4n) is 5.35. The lowest BCUT2D eigenvalue weighted by atomic mass is 9.67. The molecule has 1 atom stereocenters. The van der Waals surface area contributed by atoms with Gasteiger partial charge >= 0.3 is 6.18 Å². The van der Waals surface area contributed by atoms with Gasteiger partial charge in [-0.2, -0.15) is 13.2 Å². The van der Waals surface area contributed by atoms with E-state index < -0.39 is 24.3 Å². The van der Waals surface area contributed by atoms with Crippen molar-refractivity contribution in [2.45, 2.75) is 74.7 Å². The van der Waals surface area contributed by atoms with Gasteiger partial charge in [0.25, 0.3) is 5.91 Å². The number of halogens is 3. The van der Waals surface area contributed by atoms with Gasteiger partial charge in [-0.25, -0.2) is 0 Å². The van der Waals surface area contributed by atoms with E-state index in [1.54, 1.807) is 0 Å². The van der Waals surface area contributed by atoms with Crippen molar-refractivity contribution in [3.05, 3.63) is 71.3 Å². The highest BCUT2D eigenvalue weighted by Crippen LogP contribution is 2.43. The van der Waals surface area contributed by atoms with Gasteiger partial charge in [-0.3, -0.25) is 9.59 Å². The van der Waals surface area contributed by atoms with Crippen LogP contribution in [0.3, 0.4) is 0 Å². The van der Waals surface area contributed by atoms with Gasteiger partial charge in [0, 0.05) is 29.6 Å². The Bertz CT molecular complexity index is 1090. The van der Waals surface area contributed by atoms with Crippen LogP contribution in [0, 0.1) is 0 Å². The third-order valence-electron chi connectivity index (χ3n) is 7.88. The van der Waals surface area contributed by atoms with Crippen molar-refractivity contribution in [3.8, 4) is 0 Å². The summed E-state index contributed by atoms with van der Waals surface area (Å²) >= 11 is 0. The molecule has 9 heteroatoms. The molecule has 0 bridgehead atoms. The molecule has 6 nitrogen and oxygen atoms in total. The summed E-state index contributed by atoms with van der Waals surface area (Å²) in [5, 5.41) is 21.9. The molecule has 2 aliphatic carbocycles. The summed E-state index contributed by atoms with van der Waals surface area (Å²) in [5.74, 6) is -0.647. The van der Waals surface area contributed by atoms with Gasteiger partial charge in [0.15, 0.2) is 5.60 Å². The minimum Gasteiger partial charge on any atom is -0.387 e. The standard InChI is InChI=1S/C28H33F3N2O4/c1-26(37,28(29,30)31)20-9-7-19(8-10-20)25(36)33(22-11-12-22)23-13-15-27(16-14-23,18-32-24(35)17-34)21-5-3-2-4-6-21/h2-10,22-23,34,37H,11-18H2,1H3,(H,32,35). The zero-order valence-corrected chi connectivity index (χ0v) is 20.8. The molecule has 0 saturated heterocycles. The highest BCUT2D eigenvalue weighted by atomic mass is 19.4. The second kappa shape index (κ2) is 10.5. The Hall–Kier alpha value is -2.91. The summed E-state index contributed by atoms with van der Waals surface area (Å²) in [7, 11) is 0. The number of carbonyl (C=O) groups excluding carboxylic acids is 2. The van der Waals surface area contributed by atoms with Gasteiger partial charge in [-0.1, -0.05) is 42.5 Å². The molecule has 1 unspecified atom stereocenters. The number of amides is 2. The summed E-state index contributed by atoms with van der Waals surface area (Å²) in [5.41, 5.74) is -2.23. The van der Waals surface area contributed by atoms with Crippen LogP contribution in [0.4, 0.5) is 13.2 Å². The molecule has 2 saturated carbocycles. The van der Waals surface area contributed by atoms with Crippen LogP contribution >= 0.6 is 0 Å². The minimum absolute atomic E-state index is 0.0247. The molecule has 3 N–H and O–H groups in total. The number of nitrogens with one attached hydrogen (secondary N) is 1. The van der Waals surface area contributed by atoms with Crippen molar-refractivity contribution in [2.24, 2.45) is 0 Å². The van der Waals surface area contributed by atoms with E-state index in [1.807, 2.05) is 35.2 Å². The first-order valence-electron chi connectivity index (χ1n) is 12.6. The Morgan fingerprint density at radius 3 is 2.05 bits per heavy atom. The van der Waals surface area contributed by atoms with Crippen LogP contribution in [0.1, 0.15) is 66.9 Å². The second-order valence-corrected chi connectivity index (χ2v) is 10.4. The van der Waals surface area contributed by atoms with E-state index in [0.29, 0.717) is 31.9 Å². The number of carbonyl (C=O) groups is 2. The van der Waals surface area contributed by atoms with Gasteiger partial charge in [0.1, 0.15) is 6.61 Å². The number of aliphatic hydroxyl groups is 2. The SMILES string of the molecule is CC(O)(c1ccc(C(=O)N(C2CC2)C2CCC(CNC(=O)CO)(c3ccccc3)CC2)cc1)C(F)(F)F. The molecule has 37 heavy (non-hydrogen) atoms. The van der Waals surface area contributed by atoms with Crippen LogP contribution in [0.25, 0.3) is 0 Å². The van der Waals surface area contributed by atoms with E-state index >= 15 is 0 Å². The Kier molecular flexibility index (Phi) is 7.67.